The summed E-state index contributed by atoms with van der Waals surface area (Å²) in [6, 6.07) is 0. The van der Waals surface area contributed by atoms with E-state index in [0.717, 1.165) is 11.5 Å². The molecule has 1 heterocycles. The second kappa shape index (κ2) is 3.97. The van der Waals surface area contributed by atoms with Crippen LogP contribution in [0.25, 0.3) is 0 Å². The van der Waals surface area contributed by atoms with Crippen LogP contribution in [0.1, 0.15) is 13.8 Å². The van der Waals surface area contributed by atoms with Crippen molar-refractivity contribution in [3.8, 4) is 0 Å². The largest absolute Gasteiger partial charge is 0.299 e. The van der Waals surface area contributed by atoms with E-state index in [9.17, 15) is 4.79 Å². The molecule has 0 spiro atoms. The molecule has 1 amide bonds. The van der Waals surface area contributed by atoms with Gasteiger partial charge in [-0.3, -0.25) is 10.1 Å². The van der Waals surface area contributed by atoms with E-state index in [1.807, 2.05) is 0 Å². The Balaban J connectivity index is 2.61. The van der Waals surface area contributed by atoms with Crippen molar-refractivity contribution in [2.75, 3.05) is 11.2 Å². The van der Waals surface area contributed by atoms with Crippen molar-refractivity contribution in [1.29, 1.82) is 0 Å². The van der Waals surface area contributed by atoms with Crippen molar-refractivity contribution < 1.29 is 4.79 Å². The first-order valence-corrected chi connectivity index (χ1v) is 4.89. The molecule has 0 aliphatic heterocycles. The summed E-state index contributed by atoms with van der Waals surface area (Å²) in [6.45, 7) is 3.51. The smallest absolute Gasteiger partial charge is 0.233 e. The Bertz CT molecular complexity index is 287. The number of amides is 1. The van der Waals surface area contributed by atoms with Gasteiger partial charge in [0.25, 0.3) is 0 Å². The van der Waals surface area contributed by atoms with Crippen LogP contribution in [0.2, 0.25) is 0 Å². The Morgan fingerprint density at radius 1 is 1.69 bits per heavy atom. The lowest BCUT2D eigenvalue weighted by molar-refractivity contribution is -0.122. The number of hydrogen-bond donors (Lipinski definition) is 1. The third kappa shape index (κ3) is 2.60. The number of halogens is 1. The second-order valence-corrected chi connectivity index (χ2v) is 4.14. The molecule has 1 aromatic heterocycles. The fourth-order valence-corrected chi connectivity index (χ4v) is 0.992. The predicted octanol–water partition coefficient (Wildman–Crippen LogP) is 1.14. The average molecular weight is 221 g/mol. The van der Waals surface area contributed by atoms with Gasteiger partial charge in [0.2, 0.25) is 11.0 Å². The number of carbonyl (C=O) groups excluding carboxylic acids is 1. The molecule has 0 saturated carbocycles. The lowest BCUT2D eigenvalue weighted by Gasteiger charge is -2.18. The highest BCUT2D eigenvalue weighted by Crippen LogP contribution is 2.19. The number of nitrogens with zero attached hydrogens (tertiary/aromatic N) is 3. The molecule has 0 radical (unpaired) electrons. The second-order valence-electron chi connectivity index (χ2n) is 3.14. The van der Waals surface area contributed by atoms with Crippen LogP contribution in [-0.2, 0) is 4.79 Å². The van der Waals surface area contributed by atoms with Gasteiger partial charge >= 0.3 is 0 Å². The first-order valence-electron chi connectivity index (χ1n) is 3.59. The average Bonchev–Trinajstić information content (AvgIpc) is 2.57. The van der Waals surface area contributed by atoms with Crippen molar-refractivity contribution in [2.45, 2.75) is 13.8 Å². The summed E-state index contributed by atoms with van der Waals surface area (Å²) < 4.78 is 3.52. The number of hydrogen-bond acceptors (Lipinski definition) is 5. The van der Waals surface area contributed by atoms with E-state index < -0.39 is 5.41 Å². The maximum absolute atomic E-state index is 11.5. The van der Waals surface area contributed by atoms with E-state index >= 15 is 0 Å². The molecule has 0 fully saturated rings. The molecular formula is C6H9ClN4OS. The summed E-state index contributed by atoms with van der Waals surface area (Å²) in [4.78, 5) is 11.5. The quantitative estimate of drug-likeness (QED) is 0.776. The molecule has 0 unspecified atom stereocenters. The van der Waals surface area contributed by atoms with Gasteiger partial charge in [0.1, 0.15) is 0 Å². The molecule has 1 aromatic rings. The SMILES string of the molecule is CC(C)(CCl)C(=O)Nc1nnns1. The van der Waals surface area contributed by atoms with Crippen LogP contribution < -0.4 is 5.32 Å². The summed E-state index contributed by atoms with van der Waals surface area (Å²) in [7, 11) is 0. The van der Waals surface area contributed by atoms with Crippen LogP contribution in [0.3, 0.4) is 0 Å². The topological polar surface area (TPSA) is 67.8 Å². The van der Waals surface area contributed by atoms with E-state index in [1.165, 1.54) is 0 Å². The van der Waals surface area contributed by atoms with E-state index in [-0.39, 0.29) is 11.8 Å². The minimum Gasteiger partial charge on any atom is -0.299 e. The van der Waals surface area contributed by atoms with Crippen molar-refractivity contribution >= 4 is 34.2 Å². The molecule has 7 heteroatoms. The number of nitrogens with one attached hydrogen (secondary N) is 1. The van der Waals surface area contributed by atoms with Crippen molar-refractivity contribution in [1.82, 2.24) is 14.8 Å². The minimum absolute atomic E-state index is 0.180. The Labute approximate surface area is 84.6 Å². The first-order chi connectivity index (χ1) is 6.06. The Morgan fingerprint density at radius 2 is 2.38 bits per heavy atom. The molecule has 1 N–H and O–H groups in total. The molecule has 0 aromatic carbocycles. The maximum Gasteiger partial charge on any atom is 0.233 e. The van der Waals surface area contributed by atoms with Gasteiger partial charge in [-0.15, -0.1) is 11.6 Å². The van der Waals surface area contributed by atoms with Crippen LogP contribution in [-0.4, -0.2) is 26.6 Å². The Kier molecular flexibility index (Phi) is 3.16. The van der Waals surface area contributed by atoms with E-state index in [1.54, 1.807) is 13.8 Å². The summed E-state index contributed by atoms with van der Waals surface area (Å²) in [5, 5.41) is 9.90. The monoisotopic (exact) mass is 220 g/mol. The maximum atomic E-state index is 11.5. The van der Waals surface area contributed by atoms with Gasteiger partial charge in [0, 0.05) is 17.4 Å². The summed E-state index contributed by atoms with van der Waals surface area (Å²) in [6.07, 6.45) is 0. The highest BCUT2D eigenvalue weighted by molar-refractivity contribution is 7.09. The highest BCUT2D eigenvalue weighted by Gasteiger charge is 2.27. The van der Waals surface area contributed by atoms with E-state index in [0.29, 0.717) is 5.13 Å². The molecule has 0 atom stereocenters. The Morgan fingerprint density at radius 3 is 2.85 bits per heavy atom. The lowest BCUT2D eigenvalue weighted by atomic mass is 9.95. The molecule has 5 nitrogen and oxygen atoms in total. The molecule has 0 saturated heterocycles. The first kappa shape index (κ1) is 10.3. The van der Waals surface area contributed by atoms with Crippen LogP contribution in [0.15, 0.2) is 0 Å². The van der Waals surface area contributed by atoms with Crippen LogP contribution >= 0.6 is 23.1 Å². The lowest BCUT2D eigenvalue weighted by Crippen LogP contribution is -2.32. The van der Waals surface area contributed by atoms with Crippen LogP contribution in [0, 0.1) is 5.41 Å². The fraction of sp³-hybridized carbons (Fsp3) is 0.667. The summed E-state index contributed by atoms with van der Waals surface area (Å²) >= 11 is 6.65. The zero-order chi connectivity index (χ0) is 9.90. The van der Waals surface area contributed by atoms with Crippen molar-refractivity contribution in [3.05, 3.63) is 0 Å². The number of rotatable bonds is 3. The van der Waals surface area contributed by atoms with E-state index in [4.69, 9.17) is 11.6 Å². The van der Waals surface area contributed by atoms with Gasteiger partial charge in [0.05, 0.1) is 5.41 Å². The predicted molar refractivity (Wildman–Crippen MR) is 50.8 cm³/mol. The van der Waals surface area contributed by atoms with Gasteiger partial charge in [-0.1, -0.05) is 9.59 Å². The summed E-state index contributed by atoms with van der Waals surface area (Å²) in [5.74, 6) is 0.0754. The molecule has 0 bridgehead atoms. The molecule has 0 aliphatic rings. The van der Waals surface area contributed by atoms with Gasteiger partial charge in [-0.25, -0.2) is 0 Å². The molecular weight excluding hydrogens is 212 g/mol. The molecule has 1 rings (SSSR count). The third-order valence-corrected chi connectivity index (χ3v) is 2.65. The van der Waals surface area contributed by atoms with Crippen molar-refractivity contribution in [3.63, 3.8) is 0 Å². The zero-order valence-corrected chi connectivity index (χ0v) is 8.82. The molecule has 13 heavy (non-hydrogen) atoms. The Hall–Kier alpha value is -0.750. The van der Waals surface area contributed by atoms with Crippen molar-refractivity contribution in [2.24, 2.45) is 5.41 Å². The van der Waals surface area contributed by atoms with Crippen LogP contribution in [0.4, 0.5) is 5.13 Å². The third-order valence-electron chi connectivity index (χ3n) is 1.47. The van der Waals surface area contributed by atoms with E-state index in [2.05, 4.69) is 20.1 Å². The minimum atomic E-state index is -0.604. The van der Waals surface area contributed by atoms with Gasteiger partial charge in [-0.2, -0.15) is 0 Å². The molecule has 72 valence electrons. The highest BCUT2D eigenvalue weighted by atomic mass is 35.5. The van der Waals surface area contributed by atoms with Gasteiger partial charge in [-0.05, 0) is 19.1 Å². The number of alkyl halides is 1. The number of carbonyl (C=O) groups is 1. The number of anilines is 1. The normalized spacial score (nSPS) is 11.3. The standard InChI is InChI=1S/C6H9ClN4OS/c1-6(2,3-7)4(12)8-5-9-10-11-13-5/h3H2,1-2H3,(H,8,9,11,12). The fourth-order valence-electron chi connectivity index (χ4n) is 0.509. The molecule has 0 aliphatic carbocycles. The van der Waals surface area contributed by atoms with Gasteiger partial charge in [0.15, 0.2) is 0 Å². The number of aromatic nitrogens is 3. The van der Waals surface area contributed by atoms with Crippen LogP contribution in [0.5, 0.6) is 0 Å². The zero-order valence-electron chi connectivity index (χ0n) is 7.24. The van der Waals surface area contributed by atoms with Gasteiger partial charge < -0.3 is 0 Å². The summed E-state index contributed by atoms with van der Waals surface area (Å²) in [5.41, 5.74) is -0.604.